The molecule has 0 amide bonds. The van der Waals surface area contributed by atoms with Crippen molar-refractivity contribution in [3.05, 3.63) is 29.8 Å². The highest BCUT2D eigenvalue weighted by Gasteiger charge is 2.35. The summed E-state index contributed by atoms with van der Waals surface area (Å²) in [7, 11) is -0.260. The van der Waals surface area contributed by atoms with Gasteiger partial charge in [-0.05, 0) is 38.1 Å². The van der Waals surface area contributed by atoms with Gasteiger partial charge in [-0.25, -0.2) is 0 Å². The van der Waals surface area contributed by atoms with Crippen molar-refractivity contribution in [2.24, 2.45) is 0 Å². The highest BCUT2D eigenvalue weighted by molar-refractivity contribution is 7.24. The van der Waals surface area contributed by atoms with Crippen LogP contribution in [0.4, 0.5) is 0 Å². The summed E-state index contributed by atoms with van der Waals surface area (Å²) in [6, 6.07) is 6.28. The van der Waals surface area contributed by atoms with Gasteiger partial charge in [-0.15, -0.1) is 0 Å². The van der Waals surface area contributed by atoms with E-state index in [-0.39, 0.29) is 14.2 Å². The second kappa shape index (κ2) is 5.94. The Morgan fingerprint density at radius 3 is 2.06 bits per heavy atom. The molecule has 1 aromatic rings. The van der Waals surface area contributed by atoms with E-state index in [9.17, 15) is 9.67 Å². The molecule has 0 unspecified atom stereocenters. The van der Waals surface area contributed by atoms with Gasteiger partial charge in [0.05, 0.1) is 0 Å². The van der Waals surface area contributed by atoms with Crippen LogP contribution in [0.15, 0.2) is 24.3 Å². The maximum atomic E-state index is 11.3. The smallest absolute Gasteiger partial charge is 0.278 e. The zero-order valence-corrected chi connectivity index (χ0v) is 10.2. The van der Waals surface area contributed by atoms with Crippen molar-refractivity contribution in [3.8, 4) is 5.75 Å². The Kier molecular flexibility index (Phi) is 4.87. The summed E-state index contributed by atoms with van der Waals surface area (Å²) in [5.41, 5.74) is -0.650. The van der Waals surface area contributed by atoms with Crippen LogP contribution in [0.1, 0.15) is 19.4 Å². The summed E-state index contributed by atoms with van der Waals surface area (Å²) in [4.78, 5) is 0. The van der Waals surface area contributed by atoms with Crippen molar-refractivity contribution in [1.29, 1.82) is 0 Å². The summed E-state index contributed by atoms with van der Waals surface area (Å²) in [6.45, 7) is 4.38. The molecule has 1 aromatic carbocycles. The highest BCUT2D eigenvalue weighted by Crippen LogP contribution is 2.38. The number of ether oxygens (including phenoxy) is 2. The molecule has 0 aliphatic rings. The van der Waals surface area contributed by atoms with Crippen molar-refractivity contribution in [3.63, 3.8) is 0 Å². The van der Waals surface area contributed by atoms with E-state index >= 15 is 0 Å². The first-order valence-corrected chi connectivity index (χ1v) is 5.91. The second-order valence-electron chi connectivity index (χ2n) is 3.09. The van der Waals surface area contributed by atoms with Gasteiger partial charge in [-0.3, -0.25) is 4.57 Å². The average molecular weight is 242 g/mol. The lowest BCUT2D eigenvalue weighted by Crippen LogP contribution is -2.27. The summed E-state index contributed by atoms with van der Waals surface area (Å²) in [5.74, 6) is 0.146. The van der Waals surface area contributed by atoms with Gasteiger partial charge in [0, 0.05) is 18.8 Å². The predicted molar refractivity (Wildman–Crippen MR) is 60.6 cm³/mol. The number of phenols is 1. The number of hydrogen-bond donors (Lipinski definition) is 1. The molecule has 0 radical (unpaired) electrons. The topological polar surface area (TPSA) is 55.8 Å². The Bertz CT molecular complexity index is 330. The molecule has 4 nitrogen and oxygen atoms in total. The Balaban J connectivity index is 3.07. The number of aromatic hydroxyl groups is 1. The summed E-state index contributed by atoms with van der Waals surface area (Å²) < 4.78 is 22.1. The molecule has 5 heteroatoms. The van der Waals surface area contributed by atoms with Gasteiger partial charge >= 0.3 is 0 Å². The lowest BCUT2D eigenvalue weighted by molar-refractivity contribution is -0.176. The van der Waals surface area contributed by atoms with Crippen molar-refractivity contribution in [2.75, 3.05) is 13.2 Å². The van der Waals surface area contributed by atoms with E-state index in [4.69, 9.17) is 9.47 Å². The summed E-state index contributed by atoms with van der Waals surface area (Å²) in [6.07, 6.45) is 0. The molecule has 0 saturated carbocycles. The van der Waals surface area contributed by atoms with Gasteiger partial charge in [0.25, 0.3) is 5.53 Å². The average Bonchev–Trinajstić information content (AvgIpc) is 2.29. The minimum absolute atomic E-state index is 0.146. The van der Waals surface area contributed by atoms with E-state index in [0.29, 0.717) is 18.8 Å². The van der Waals surface area contributed by atoms with Gasteiger partial charge in [-0.2, -0.15) is 0 Å². The normalized spacial score (nSPS) is 11.9. The second-order valence-corrected chi connectivity index (χ2v) is 3.86. The van der Waals surface area contributed by atoms with Crippen molar-refractivity contribution < 1.29 is 19.1 Å². The van der Waals surface area contributed by atoms with Gasteiger partial charge < -0.3 is 14.6 Å². The lowest BCUT2D eigenvalue weighted by atomic mass is 10.2. The molecule has 0 aliphatic heterocycles. The monoisotopic (exact) mass is 242 g/mol. The molecule has 16 heavy (non-hydrogen) atoms. The molecule has 0 heterocycles. The Morgan fingerprint density at radius 1 is 1.19 bits per heavy atom. The summed E-state index contributed by atoms with van der Waals surface area (Å²) >= 11 is 0. The van der Waals surface area contributed by atoms with E-state index < -0.39 is 5.53 Å². The predicted octanol–water partition coefficient (Wildman–Crippen LogP) is 2.87. The molecule has 0 bridgehead atoms. The molecule has 1 N–H and O–H groups in total. The fraction of sp³-hybridized carbons (Fsp3) is 0.455. The van der Waals surface area contributed by atoms with E-state index in [1.165, 1.54) is 12.1 Å². The third kappa shape index (κ3) is 2.79. The van der Waals surface area contributed by atoms with Gasteiger partial charge in [0.2, 0.25) is 8.46 Å². The van der Waals surface area contributed by atoms with Crippen molar-refractivity contribution in [1.82, 2.24) is 0 Å². The molecule has 0 atom stereocenters. The van der Waals surface area contributed by atoms with Crippen LogP contribution in [0.5, 0.6) is 5.75 Å². The van der Waals surface area contributed by atoms with E-state index in [2.05, 4.69) is 0 Å². The van der Waals surface area contributed by atoms with E-state index in [0.717, 1.165) is 0 Å². The zero-order chi connectivity index (χ0) is 12.0. The first kappa shape index (κ1) is 13.1. The van der Waals surface area contributed by atoms with Gasteiger partial charge in [0.15, 0.2) is 0 Å². The Hall–Kier alpha value is -0.960. The third-order valence-corrected chi connectivity index (χ3v) is 2.79. The molecule has 0 fully saturated rings. The van der Waals surface area contributed by atoms with Gasteiger partial charge in [-0.1, -0.05) is 0 Å². The third-order valence-electron chi connectivity index (χ3n) is 2.03. The van der Waals surface area contributed by atoms with Crippen LogP contribution in [0.3, 0.4) is 0 Å². The molecular weight excluding hydrogens is 227 g/mol. The number of rotatable bonds is 6. The highest BCUT2D eigenvalue weighted by atomic mass is 31.1. The van der Waals surface area contributed by atoms with Crippen LogP contribution in [-0.4, -0.2) is 18.3 Å². The van der Waals surface area contributed by atoms with Crippen LogP contribution in [0.25, 0.3) is 0 Å². The number of hydrogen-bond acceptors (Lipinski definition) is 4. The molecule has 88 valence electrons. The van der Waals surface area contributed by atoms with Gasteiger partial charge in [0.1, 0.15) is 5.75 Å². The first-order valence-electron chi connectivity index (χ1n) is 5.10. The fourth-order valence-electron chi connectivity index (χ4n) is 1.38. The maximum absolute atomic E-state index is 11.3. The quantitative estimate of drug-likeness (QED) is 0.615. The minimum Gasteiger partial charge on any atom is -0.508 e. The van der Waals surface area contributed by atoms with Crippen LogP contribution >= 0.6 is 8.46 Å². The van der Waals surface area contributed by atoms with Crippen molar-refractivity contribution in [2.45, 2.75) is 19.4 Å². The molecule has 0 spiro atoms. The van der Waals surface area contributed by atoms with Crippen LogP contribution < -0.4 is 0 Å². The summed E-state index contributed by atoms with van der Waals surface area (Å²) in [5, 5.41) is 9.19. The SMILES string of the molecule is CCOC(OCC)(P=O)c1ccc(O)cc1. The molecular formula is C11H15O4P. The molecule has 1 rings (SSSR count). The minimum atomic E-state index is -1.27. The molecule has 0 saturated heterocycles. The first-order chi connectivity index (χ1) is 7.68. The molecule has 0 aliphatic carbocycles. The molecule has 0 aromatic heterocycles. The largest absolute Gasteiger partial charge is 0.508 e. The standard InChI is InChI=1S/C11H15O4P/c1-3-14-11(16-13,15-4-2)9-5-7-10(12)8-6-9/h5-8,12H,3-4H2,1-2H3. The van der Waals surface area contributed by atoms with Crippen LogP contribution in [-0.2, 0) is 19.6 Å². The van der Waals surface area contributed by atoms with Crippen LogP contribution in [0, 0.1) is 0 Å². The zero-order valence-electron chi connectivity index (χ0n) is 9.34. The Labute approximate surface area is 96.4 Å². The van der Waals surface area contributed by atoms with Crippen LogP contribution in [0.2, 0.25) is 0 Å². The maximum Gasteiger partial charge on any atom is 0.278 e. The number of phenolic OH excluding ortho intramolecular Hbond substituents is 1. The number of benzene rings is 1. The van der Waals surface area contributed by atoms with E-state index in [1.54, 1.807) is 26.0 Å². The Morgan fingerprint density at radius 2 is 1.69 bits per heavy atom. The van der Waals surface area contributed by atoms with E-state index in [1.807, 2.05) is 0 Å². The van der Waals surface area contributed by atoms with Crippen molar-refractivity contribution >= 4 is 8.46 Å². The lowest BCUT2D eigenvalue weighted by Gasteiger charge is -2.26. The fourth-order valence-corrected chi connectivity index (χ4v) is 2.00.